The minimum Gasteiger partial charge on any atom is -0.342 e. The number of fused-ring (bicyclic) bond motifs is 1. The van der Waals surface area contributed by atoms with Crippen LogP contribution in [0.3, 0.4) is 0 Å². The van der Waals surface area contributed by atoms with Crippen molar-refractivity contribution < 1.29 is 4.79 Å². The number of rotatable bonds is 4. The Balaban J connectivity index is 1.38. The summed E-state index contributed by atoms with van der Waals surface area (Å²) in [4.78, 5) is 23.0. The first-order valence-corrected chi connectivity index (χ1v) is 9.33. The fourth-order valence-corrected chi connectivity index (χ4v) is 3.84. The van der Waals surface area contributed by atoms with Gasteiger partial charge in [-0.05, 0) is 37.5 Å². The van der Waals surface area contributed by atoms with E-state index in [4.69, 9.17) is 4.98 Å². The maximum absolute atomic E-state index is 12.7. The number of carbonyl (C=O) groups excluding carboxylic acids is 1. The predicted octanol–water partition coefficient (Wildman–Crippen LogP) is 3.11. The molecule has 0 spiro atoms. The summed E-state index contributed by atoms with van der Waals surface area (Å²) in [6, 6.07) is 8.11. The number of aromatic amines is 1. The van der Waals surface area contributed by atoms with Crippen molar-refractivity contribution in [3.8, 4) is 0 Å². The number of H-pyrrole nitrogens is 1. The number of hydrogen-bond acceptors (Lipinski definition) is 3. The van der Waals surface area contributed by atoms with Gasteiger partial charge < -0.3 is 9.88 Å². The highest BCUT2D eigenvalue weighted by Crippen LogP contribution is 2.29. The van der Waals surface area contributed by atoms with E-state index < -0.39 is 0 Å². The summed E-state index contributed by atoms with van der Waals surface area (Å²) >= 11 is 0. The van der Waals surface area contributed by atoms with Crippen LogP contribution < -0.4 is 0 Å². The van der Waals surface area contributed by atoms with E-state index in [0.29, 0.717) is 12.5 Å². The number of nitrogens with zero attached hydrogens (tertiary/aromatic N) is 4. The van der Waals surface area contributed by atoms with Crippen LogP contribution in [0, 0.1) is 12.8 Å². The molecule has 136 valence electrons. The lowest BCUT2D eigenvalue weighted by Gasteiger charge is -2.33. The molecular weight excluding hydrogens is 326 g/mol. The lowest BCUT2D eigenvalue weighted by molar-refractivity contribution is -0.136. The lowest BCUT2D eigenvalue weighted by Crippen LogP contribution is -2.41. The van der Waals surface area contributed by atoms with E-state index in [-0.39, 0.29) is 11.8 Å². The van der Waals surface area contributed by atoms with Gasteiger partial charge in [0.15, 0.2) is 0 Å². The molecule has 3 heterocycles. The number of imidazole rings is 1. The maximum atomic E-state index is 12.7. The number of nitrogens with one attached hydrogen (secondary N) is 1. The largest absolute Gasteiger partial charge is 0.342 e. The number of benzene rings is 1. The first kappa shape index (κ1) is 16.8. The first-order chi connectivity index (χ1) is 12.6. The Morgan fingerprint density at radius 3 is 2.81 bits per heavy atom. The molecule has 0 bridgehead atoms. The van der Waals surface area contributed by atoms with Gasteiger partial charge in [0.1, 0.15) is 5.82 Å². The van der Waals surface area contributed by atoms with Crippen molar-refractivity contribution in [2.24, 2.45) is 5.92 Å². The van der Waals surface area contributed by atoms with Gasteiger partial charge in [-0.25, -0.2) is 4.98 Å². The number of para-hydroxylation sites is 1. The lowest BCUT2D eigenvalue weighted by atomic mass is 9.95. The molecule has 26 heavy (non-hydrogen) atoms. The van der Waals surface area contributed by atoms with E-state index >= 15 is 0 Å². The third-order valence-corrected chi connectivity index (χ3v) is 5.37. The molecule has 6 heteroatoms. The molecule has 1 fully saturated rings. The van der Waals surface area contributed by atoms with Gasteiger partial charge in [0.25, 0.3) is 0 Å². The van der Waals surface area contributed by atoms with Gasteiger partial charge in [-0.3, -0.25) is 9.48 Å². The van der Waals surface area contributed by atoms with Crippen molar-refractivity contribution in [1.82, 2.24) is 24.6 Å². The average molecular weight is 351 g/mol. The Morgan fingerprint density at radius 2 is 2.12 bits per heavy atom. The molecule has 0 radical (unpaired) electrons. The van der Waals surface area contributed by atoms with E-state index in [1.165, 1.54) is 5.56 Å². The number of piperidine rings is 1. The van der Waals surface area contributed by atoms with Crippen LogP contribution in [0.5, 0.6) is 0 Å². The SMILES string of the molecule is Cc1cccc2[nH]c(C3CCN(C(=O)[C@H](C)Cn4cccn4)CC3)nc12. The van der Waals surface area contributed by atoms with Crippen molar-refractivity contribution >= 4 is 16.9 Å². The summed E-state index contributed by atoms with van der Waals surface area (Å²) in [6.45, 7) is 6.30. The van der Waals surface area contributed by atoms with Gasteiger partial charge in [0, 0.05) is 31.4 Å². The second-order valence-corrected chi connectivity index (χ2v) is 7.32. The van der Waals surface area contributed by atoms with E-state index in [1.807, 2.05) is 28.8 Å². The number of aromatic nitrogens is 4. The van der Waals surface area contributed by atoms with Crippen LogP contribution >= 0.6 is 0 Å². The van der Waals surface area contributed by atoms with Crippen LogP contribution in [0.4, 0.5) is 0 Å². The van der Waals surface area contributed by atoms with Crippen molar-refractivity contribution in [3.05, 3.63) is 48.0 Å². The van der Waals surface area contributed by atoms with Gasteiger partial charge in [0.2, 0.25) is 5.91 Å². The summed E-state index contributed by atoms with van der Waals surface area (Å²) in [5, 5.41) is 4.20. The third-order valence-electron chi connectivity index (χ3n) is 5.37. The summed E-state index contributed by atoms with van der Waals surface area (Å²) in [6.07, 6.45) is 5.56. The van der Waals surface area contributed by atoms with Crippen molar-refractivity contribution in [3.63, 3.8) is 0 Å². The van der Waals surface area contributed by atoms with E-state index in [0.717, 1.165) is 42.8 Å². The quantitative estimate of drug-likeness (QED) is 0.785. The van der Waals surface area contributed by atoms with Gasteiger partial charge in [-0.15, -0.1) is 0 Å². The van der Waals surface area contributed by atoms with Crippen molar-refractivity contribution in [2.45, 2.75) is 39.2 Å². The fraction of sp³-hybridized carbons (Fsp3) is 0.450. The highest BCUT2D eigenvalue weighted by Gasteiger charge is 2.28. The zero-order valence-electron chi connectivity index (χ0n) is 15.4. The number of hydrogen-bond donors (Lipinski definition) is 1. The van der Waals surface area contributed by atoms with Crippen LogP contribution in [0.25, 0.3) is 11.0 Å². The average Bonchev–Trinajstić information content (AvgIpc) is 3.31. The molecule has 1 atom stereocenters. The molecule has 1 aliphatic rings. The predicted molar refractivity (Wildman–Crippen MR) is 101 cm³/mol. The van der Waals surface area contributed by atoms with Gasteiger partial charge in [-0.1, -0.05) is 19.1 Å². The minimum atomic E-state index is -0.0553. The molecule has 0 aliphatic carbocycles. The van der Waals surface area contributed by atoms with Gasteiger partial charge >= 0.3 is 0 Å². The number of aryl methyl sites for hydroxylation is 1. The number of amides is 1. The number of likely N-dealkylation sites (tertiary alicyclic amines) is 1. The summed E-state index contributed by atoms with van der Waals surface area (Å²) in [5.41, 5.74) is 3.37. The molecule has 1 N–H and O–H groups in total. The van der Waals surface area contributed by atoms with Gasteiger partial charge in [0.05, 0.1) is 23.5 Å². The van der Waals surface area contributed by atoms with Gasteiger partial charge in [-0.2, -0.15) is 5.10 Å². The van der Waals surface area contributed by atoms with Crippen molar-refractivity contribution in [2.75, 3.05) is 13.1 Å². The molecule has 1 aromatic carbocycles. The highest BCUT2D eigenvalue weighted by molar-refractivity contribution is 5.79. The van der Waals surface area contributed by atoms with E-state index in [1.54, 1.807) is 6.20 Å². The molecule has 6 nitrogen and oxygen atoms in total. The molecule has 0 saturated carbocycles. The molecular formula is C20H25N5O. The van der Waals surface area contributed by atoms with Crippen LogP contribution in [-0.4, -0.2) is 43.6 Å². The zero-order chi connectivity index (χ0) is 18.1. The van der Waals surface area contributed by atoms with E-state index in [9.17, 15) is 4.79 Å². The van der Waals surface area contributed by atoms with Crippen LogP contribution in [-0.2, 0) is 11.3 Å². The van der Waals surface area contributed by atoms with Crippen molar-refractivity contribution in [1.29, 1.82) is 0 Å². The summed E-state index contributed by atoms with van der Waals surface area (Å²) < 4.78 is 1.83. The van der Waals surface area contributed by atoms with Crippen LogP contribution in [0.2, 0.25) is 0 Å². The molecule has 0 unspecified atom stereocenters. The smallest absolute Gasteiger partial charge is 0.227 e. The summed E-state index contributed by atoms with van der Waals surface area (Å²) in [5.74, 6) is 1.62. The molecule has 1 amide bonds. The standard InChI is InChI=1S/C20H25N5O/c1-14-5-3-6-17-18(14)23-19(22-17)16-7-11-24(12-8-16)20(26)15(2)13-25-10-4-9-21-25/h3-6,9-10,15-16H,7-8,11-13H2,1-2H3,(H,22,23)/t15-/m1/s1. The molecule has 3 aromatic rings. The second kappa shape index (κ2) is 6.94. The maximum Gasteiger partial charge on any atom is 0.227 e. The molecule has 4 rings (SSSR count). The Bertz CT molecular complexity index is 890. The van der Waals surface area contributed by atoms with Crippen LogP contribution in [0.1, 0.15) is 37.1 Å². The highest BCUT2D eigenvalue weighted by atomic mass is 16.2. The van der Waals surface area contributed by atoms with E-state index in [2.05, 4.69) is 35.2 Å². The zero-order valence-corrected chi connectivity index (χ0v) is 15.4. The molecule has 1 aliphatic heterocycles. The fourth-order valence-electron chi connectivity index (χ4n) is 3.84. The first-order valence-electron chi connectivity index (χ1n) is 9.33. The summed E-state index contributed by atoms with van der Waals surface area (Å²) in [7, 11) is 0. The molecule has 1 saturated heterocycles. The topological polar surface area (TPSA) is 66.8 Å². The van der Waals surface area contributed by atoms with Crippen LogP contribution in [0.15, 0.2) is 36.7 Å². The third kappa shape index (κ3) is 3.23. The normalized spacial score (nSPS) is 16.9. The monoisotopic (exact) mass is 351 g/mol. The Kier molecular flexibility index (Phi) is 4.49. The Labute approximate surface area is 153 Å². The number of carbonyl (C=O) groups is 1. The second-order valence-electron chi connectivity index (χ2n) is 7.32. The Morgan fingerprint density at radius 1 is 1.31 bits per heavy atom. The Hall–Kier alpha value is -2.63. The molecule has 2 aromatic heterocycles. The minimum absolute atomic E-state index is 0.0553.